The van der Waals surface area contributed by atoms with Crippen molar-refractivity contribution in [1.82, 2.24) is 0 Å². The molecule has 66 valence electrons. The van der Waals surface area contributed by atoms with Crippen LogP contribution in [0.5, 0.6) is 0 Å². The van der Waals surface area contributed by atoms with Crippen LogP contribution in [0.1, 0.15) is 37.3 Å². The van der Waals surface area contributed by atoms with Crippen LogP contribution in [0.25, 0.3) is 0 Å². The van der Waals surface area contributed by atoms with E-state index in [4.69, 9.17) is 5.73 Å². The Morgan fingerprint density at radius 3 is 2.58 bits per heavy atom. The maximum absolute atomic E-state index is 5.90. The molecule has 0 radical (unpaired) electrons. The zero-order chi connectivity index (χ0) is 9.14. The molecule has 1 heteroatoms. The minimum absolute atomic E-state index is 0.575. The predicted molar refractivity (Wildman–Crippen MR) is 54.3 cm³/mol. The maximum Gasteiger partial charge on any atom is 0.0351 e. The summed E-state index contributed by atoms with van der Waals surface area (Å²) >= 11 is 0. The van der Waals surface area contributed by atoms with Gasteiger partial charge in [0.15, 0.2) is 0 Å². The Labute approximate surface area is 74.6 Å². The fourth-order valence-corrected chi connectivity index (χ4v) is 1.58. The van der Waals surface area contributed by atoms with Gasteiger partial charge in [0.05, 0.1) is 0 Å². The third kappa shape index (κ3) is 1.60. The number of aryl methyl sites for hydroxylation is 1. The Hall–Kier alpha value is -0.980. The lowest BCUT2D eigenvalue weighted by Crippen LogP contribution is -2.00. The second kappa shape index (κ2) is 3.61. The van der Waals surface area contributed by atoms with Crippen LogP contribution in [0.4, 0.5) is 5.69 Å². The highest BCUT2D eigenvalue weighted by molar-refractivity contribution is 5.52. The summed E-state index contributed by atoms with van der Waals surface area (Å²) < 4.78 is 0. The molecule has 0 amide bonds. The summed E-state index contributed by atoms with van der Waals surface area (Å²) in [6.45, 7) is 6.53. The molecule has 1 aromatic carbocycles. The molecule has 0 aliphatic carbocycles. The highest BCUT2D eigenvalue weighted by atomic mass is 14.6. The summed E-state index contributed by atoms with van der Waals surface area (Å²) in [4.78, 5) is 0. The van der Waals surface area contributed by atoms with E-state index in [0.717, 1.165) is 12.1 Å². The van der Waals surface area contributed by atoms with E-state index in [0.29, 0.717) is 5.92 Å². The van der Waals surface area contributed by atoms with Crippen molar-refractivity contribution < 1.29 is 0 Å². The highest BCUT2D eigenvalue weighted by Crippen LogP contribution is 2.27. The van der Waals surface area contributed by atoms with E-state index in [1.165, 1.54) is 11.1 Å². The Bertz CT molecular complexity index is 245. The monoisotopic (exact) mass is 163 g/mol. The molecular weight excluding hydrogens is 146 g/mol. The van der Waals surface area contributed by atoms with Crippen molar-refractivity contribution in [2.45, 2.75) is 33.1 Å². The summed E-state index contributed by atoms with van der Waals surface area (Å²) in [5, 5.41) is 0. The molecule has 1 atom stereocenters. The van der Waals surface area contributed by atoms with Crippen molar-refractivity contribution >= 4 is 5.69 Å². The number of nitrogen functional groups attached to an aromatic ring is 1. The molecule has 1 rings (SSSR count). The maximum atomic E-state index is 5.90. The summed E-state index contributed by atoms with van der Waals surface area (Å²) in [5.41, 5.74) is 9.46. The molecule has 0 aliphatic heterocycles. The highest BCUT2D eigenvalue weighted by Gasteiger charge is 2.08. The molecule has 0 saturated heterocycles. The fourth-order valence-electron chi connectivity index (χ4n) is 1.58. The molecule has 0 aromatic heterocycles. The quantitative estimate of drug-likeness (QED) is 0.666. The van der Waals surface area contributed by atoms with Crippen molar-refractivity contribution in [1.29, 1.82) is 0 Å². The van der Waals surface area contributed by atoms with Gasteiger partial charge in [0.2, 0.25) is 0 Å². The van der Waals surface area contributed by atoms with Crippen LogP contribution in [-0.4, -0.2) is 0 Å². The third-order valence-electron chi connectivity index (χ3n) is 2.46. The van der Waals surface area contributed by atoms with Crippen LogP contribution in [-0.2, 0) is 0 Å². The van der Waals surface area contributed by atoms with E-state index in [1.54, 1.807) is 0 Å². The molecule has 0 saturated carbocycles. The van der Waals surface area contributed by atoms with E-state index >= 15 is 0 Å². The summed E-state index contributed by atoms with van der Waals surface area (Å²) in [7, 11) is 0. The van der Waals surface area contributed by atoms with Gasteiger partial charge in [-0.3, -0.25) is 0 Å². The molecule has 1 aromatic rings. The Morgan fingerprint density at radius 1 is 1.42 bits per heavy atom. The third-order valence-corrected chi connectivity index (χ3v) is 2.46. The second-order valence-corrected chi connectivity index (χ2v) is 3.39. The molecule has 0 spiro atoms. The van der Waals surface area contributed by atoms with Crippen LogP contribution in [0.2, 0.25) is 0 Å². The van der Waals surface area contributed by atoms with Crippen molar-refractivity contribution in [2.24, 2.45) is 0 Å². The van der Waals surface area contributed by atoms with E-state index < -0.39 is 0 Å². The Morgan fingerprint density at radius 2 is 2.08 bits per heavy atom. The van der Waals surface area contributed by atoms with Gasteiger partial charge in [-0.15, -0.1) is 0 Å². The average Bonchev–Trinajstić information content (AvgIpc) is 2.03. The average molecular weight is 163 g/mol. The Balaban J connectivity index is 3.12. The molecule has 0 aliphatic rings. The van der Waals surface area contributed by atoms with Gasteiger partial charge in [-0.2, -0.15) is 0 Å². The van der Waals surface area contributed by atoms with Crippen LogP contribution < -0.4 is 5.73 Å². The zero-order valence-corrected chi connectivity index (χ0v) is 8.09. The van der Waals surface area contributed by atoms with Gasteiger partial charge >= 0.3 is 0 Å². The number of benzene rings is 1. The minimum Gasteiger partial charge on any atom is -0.398 e. The normalized spacial score (nSPS) is 12.9. The summed E-state index contributed by atoms with van der Waals surface area (Å²) in [5.74, 6) is 0.575. The number of anilines is 1. The van der Waals surface area contributed by atoms with E-state index in [1.807, 2.05) is 12.1 Å². The van der Waals surface area contributed by atoms with Gasteiger partial charge in [-0.1, -0.05) is 26.0 Å². The second-order valence-electron chi connectivity index (χ2n) is 3.39. The lowest BCUT2D eigenvalue weighted by molar-refractivity contribution is 0.730. The predicted octanol–water partition coefficient (Wildman–Crippen LogP) is 3.09. The smallest absolute Gasteiger partial charge is 0.0351 e. The van der Waals surface area contributed by atoms with Crippen molar-refractivity contribution in [3.8, 4) is 0 Å². The number of hydrogen-bond donors (Lipinski definition) is 1. The van der Waals surface area contributed by atoms with Crippen molar-refractivity contribution in [2.75, 3.05) is 5.73 Å². The van der Waals surface area contributed by atoms with Crippen LogP contribution >= 0.6 is 0 Å². The van der Waals surface area contributed by atoms with Gasteiger partial charge in [0.1, 0.15) is 0 Å². The van der Waals surface area contributed by atoms with Crippen LogP contribution in [0.3, 0.4) is 0 Å². The van der Waals surface area contributed by atoms with Gasteiger partial charge in [0, 0.05) is 5.69 Å². The van der Waals surface area contributed by atoms with E-state index in [2.05, 4.69) is 26.8 Å². The topological polar surface area (TPSA) is 26.0 Å². The molecule has 1 nitrogen and oxygen atoms in total. The first kappa shape index (κ1) is 9.11. The van der Waals surface area contributed by atoms with Crippen LogP contribution in [0, 0.1) is 6.92 Å². The molecule has 12 heavy (non-hydrogen) atoms. The first-order valence-corrected chi connectivity index (χ1v) is 4.51. The van der Waals surface area contributed by atoms with Crippen LogP contribution in [0.15, 0.2) is 18.2 Å². The summed E-state index contributed by atoms with van der Waals surface area (Å²) in [6, 6.07) is 6.11. The first-order chi connectivity index (χ1) is 5.66. The first-order valence-electron chi connectivity index (χ1n) is 4.51. The SMILES string of the molecule is CCC(C)c1c(C)cccc1N. The number of nitrogens with two attached hydrogens (primary N) is 1. The van der Waals surface area contributed by atoms with Gasteiger partial charge < -0.3 is 5.73 Å². The number of hydrogen-bond acceptors (Lipinski definition) is 1. The molecular formula is C11H17N. The van der Waals surface area contributed by atoms with Crippen molar-refractivity contribution in [3.05, 3.63) is 29.3 Å². The molecule has 0 bridgehead atoms. The molecule has 0 heterocycles. The van der Waals surface area contributed by atoms with Crippen molar-refractivity contribution in [3.63, 3.8) is 0 Å². The molecule has 0 fully saturated rings. The summed E-state index contributed by atoms with van der Waals surface area (Å²) in [6.07, 6.45) is 1.15. The Kier molecular flexibility index (Phi) is 2.74. The van der Waals surface area contributed by atoms with Gasteiger partial charge in [-0.05, 0) is 36.5 Å². The van der Waals surface area contributed by atoms with E-state index in [-0.39, 0.29) is 0 Å². The number of rotatable bonds is 2. The lowest BCUT2D eigenvalue weighted by atomic mass is 9.93. The van der Waals surface area contributed by atoms with E-state index in [9.17, 15) is 0 Å². The van der Waals surface area contributed by atoms with Gasteiger partial charge in [-0.25, -0.2) is 0 Å². The minimum atomic E-state index is 0.575. The largest absolute Gasteiger partial charge is 0.398 e. The van der Waals surface area contributed by atoms with Gasteiger partial charge in [0.25, 0.3) is 0 Å². The molecule has 1 unspecified atom stereocenters. The fraction of sp³-hybridized carbons (Fsp3) is 0.455. The molecule has 2 N–H and O–H groups in total. The lowest BCUT2D eigenvalue weighted by Gasteiger charge is -2.14. The standard InChI is InChI=1S/C11H17N/c1-4-8(2)11-9(3)6-5-7-10(11)12/h5-8H,4,12H2,1-3H3. The zero-order valence-electron chi connectivity index (χ0n) is 8.09.